The highest BCUT2D eigenvalue weighted by molar-refractivity contribution is 6.36. The number of methoxy groups -OCH3 is 1. The highest BCUT2D eigenvalue weighted by atomic mass is 35.5. The first kappa shape index (κ1) is 16.1. The van der Waals surface area contributed by atoms with Gasteiger partial charge >= 0.3 is 0 Å². The summed E-state index contributed by atoms with van der Waals surface area (Å²) in [4.78, 5) is 0. The summed E-state index contributed by atoms with van der Waals surface area (Å²) >= 11 is 12.5. The third kappa shape index (κ3) is 3.67. The first-order valence-electron chi connectivity index (χ1n) is 6.53. The van der Waals surface area contributed by atoms with Crippen LogP contribution in [0.5, 0.6) is 5.75 Å². The first-order valence-corrected chi connectivity index (χ1v) is 7.28. The number of nitrogens with two attached hydrogens (primary N) is 1. The normalized spacial score (nSPS) is 12.2. The number of rotatable bonds is 5. The van der Waals surface area contributed by atoms with E-state index in [0.29, 0.717) is 28.8 Å². The lowest BCUT2D eigenvalue weighted by Gasteiger charge is -2.19. The van der Waals surface area contributed by atoms with E-state index in [0.717, 1.165) is 11.1 Å². The second-order valence-corrected chi connectivity index (χ2v) is 5.54. The zero-order chi connectivity index (χ0) is 15.4. The van der Waals surface area contributed by atoms with Gasteiger partial charge in [-0.05, 0) is 54.4 Å². The molecule has 0 fully saturated rings. The standard InChI is InChI=1S/C16H16Cl2FNO/c1-21-15-6-5-12(19)8-10(15)7-11(9-20)16-13(17)3-2-4-14(16)18/h2-6,8,11H,7,9,20H2,1H3. The Morgan fingerprint density at radius 2 is 1.86 bits per heavy atom. The van der Waals surface area contributed by atoms with Gasteiger partial charge in [0.05, 0.1) is 7.11 Å². The summed E-state index contributed by atoms with van der Waals surface area (Å²) in [6, 6.07) is 9.74. The molecule has 2 N–H and O–H groups in total. The molecule has 0 heterocycles. The predicted octanol–water partition coefficient (Wildman–Crippen LogP) is 4.43. The zero-order valence-corrected chi connectivity index (χ0v) is 13.1. The van der Waals surface area contributed by atoms with Crippen LogP contribution in [0.2, 0.25) is 10.0 Å². The molecular formula is C16H16Cl2FNO. The Morgan fingerprint density at radius 1 is 1.19 bits per heavy atom. The van der Waals surface area contributed by atoms with E-state index in [1.807, 2.05) is 0 Å². The maximum Gasteiger partial charge on any atom is 0.123 e. The van der Waals surface area contributed by atoms with Crippen LogP contribution < -0.4 is 10.5 Å². The summed E-state index contributed by atoms with van der Waals surface area (Å²) < 4.78 is 18.7. The van der Waals surface area contributed by atoms with Crippen molar-refractivity contribution in [1.29, 1.82) is 0 Å². The van der Waals surface area contributed by atoms with Crippen LogP contribution >= 0.6 is 23.2 Å². The van der Waals surface area contributed by atoms with Crippen LogP contribution in [0.3, 0.4) is 0 Å². The predicted molar refractivity (Wildman–Crippen MR) is 84.9 cm³/mol. The van der Waals surface area contributed by atoms with E-state index in [-0.39, 0.29) is 11.7 Å². The molecule has 0 saturated heterocycles. The van der Waals surface area contributed by atoms with Crippen molar-refractivity contribution in [3.8, 4) is 5.75 Å². The highest BCUT2D eigenvalue weighted by Crippen LogP contribution is 2.34. The minimum atomic E-state index is -0.313. The second kappa shape index (κ2) is 7.12. The number of hydrogen-bond donors (Lipinski definition) is 1. The molecule has 0 saturated carbocycles. The minimum absolute atomic E-state index is 0.109. The lowest BCUT2D eigenvalue weighted by molar-refractivity contribution is 0.406. The minimum Gasteiger partial charge on any atom is -0.496 e. The molecule has 0 aliphatic rings. The fraction of sp³-hybridized carbons (Fsp3) is 0.250. The summed E-state index contributed by atoms with van der Waals surface area (Å²) in [6.07, 6.45) is 0.501. The maximum absolute atomic E-state index is 13.5. The molecule has 0 aliphatic heterocycles. The van der Waals surface area contributed by atoms with E-state index in [9.17, 15) is 4.39 Å². The lowest BCUT2D eigenvalue weighted by Crippen LogP contribution is -2.16. The molecule has 1 atom stereocenters. The van der Waals surface area contributed by atoms with E-state index in [1.165, 1.54) is 12.1 Å². The van der Waals surface area contributed by atoms with Crippen molar-refractivity contribution in [3.63, 3.8) is 0 Å². The van der Waals surface area contributed by atoms with Crippen LogP contribution in [-0.4, -0.2) is 13.7 Å². The van der Waals surface area contributed by atoms with Gasteiger partial charge in [-0.2, -0.15) is 0 Å². The summed E-state index contributed by atoms with van der Waals surface area (Å²) in [7, 11) is 1.55. The molecule has 112 valence electrons. The third-order valence-electron chi connectivity index (χ3n) is 3.40. The molecule has 2 nitrogen and oxygen atoms in total. The SMILES string of the molecule is COc1ccc(F)cc1CC(CN)c1c(Cl)cccc1Cl. The molecule has 2 rings (SSSR count). The quantitative estimate of drug-likeness (QED) is 0.881. The summed E-state index contributed by atoms with van der Waals surface area (Å²) in [6.45, 7) is 0.350. The van der Waals surface area contributed by atoms with Crippen LogP contribution in [-0.2, 0) is 6.42 Å². The molecule has 5 heteroatoms. The van der Waals surface area contributed by atoms with E-state index >= 15 is 0 Å². The maximum atomic E-state index is 13.5. The van der Waals surface area contributed by atoms with Crippen molar-refractivity contribution in [2.24, 2.45) is 5.73 Å². The average molecular weight is 328 g/mol. The Kier molecular flexibility index (Phi) is 5.45. The smallest absolute Gasteiger partial charge is 0.123 e. The Hall–Kier alpha value is -1.29. The van der Waals surface area contributed by atoms with E-state index in [2.05, 4.69) is 0 Å². The topological polar surface area (TPSA) is 35.2 Å². The van der Waals surface area contributed by atoms with Gasteiger partial charge in [0.25, 0.3) is 0 Å². The van der Waals surface area contributed by atoms with Crippen LogP contribution in [0.15, 0.2) is 36.4 Å². The van der Waals surface area contributed by atoms with Gasteiger partial charge in [-0.15, -0.1) is 0 Å². The van der Waals surface area contributed by atoms with Crippen LogP contribution in [0, 0.1) is 5.82 Å². The molecule has 0 amide bonds. The van der Waals surface area contributed by atoms with Gasteiger partial charge in [0, 0.05) is 16.0 Å². The molecule has 0 radical (unpaired) electrons. The molecule has 21 heavy (non-hydrogen) atoms. The lowest BCUT2D eigenvalue weighted by atomic mass is 9.91. The molecule has 2 aromatic rings. The molecule has 0 aliphatic carbocycles. The summed E-state index contributed by atoms with van der Waals surface area (Å²) in [5.74, 6) is 0.201. The van der Waals surface area contributed by atoms with Crippen LogP contribution in [0.25, 0.3) is 0 Å². The van der Waals surface area contributed by atoms with Crippen LogP contribution in [0.1, 0.15) is 17.0 Å². The average Bonchev–Trinajstić information content (AvgIpc) is 2.46. The highest BCUT2D eigenvalue weighted by Gasteiger charge is 2.19. The summed E-state index contributed by atoms with van der Waals surface area (Å²) in [5, 5.41) is 1.13. The van der Waals surface area contributed by atoms with Gasteiger partial charge in [-0.3, -0.25) is 0 Å². The number of ether oxygens (including phenoxy) is 1. The van der Waals surface area contributed by atoms with Gasteiger partial charge in [0.2, 0.25) is 0 Å². The van der Waals surface area contributed by atoms with Crippen LogP contribution in [0.4, 0.5) is 4.39 Å². The van der Waals surface area contributed by atoms with Crippen molar-refractivity contribution in [2.45, 2.75) is 12.3 Å². The Labute approximate surface area is 133 Å². The Balaban J connectivity index is 2.38. The molecule has 1 unspecified atom stereocenters. The van der Waals surface area contributed by atoms with Crippen molar-refractivity contribution >= 4 is 23.2 Å². The van der Waals surface area contributed by atoms with Gasteiger partial charge in [-0.25, -0.2) is 4.39 Å². The fourth-order valence-corrected chi connectivity index (χ4v) is 3.08. The molecular weight excluding hydrogens is 312 g/mol. The van der Waals surface area contributed by atoms with Crippen molar-refractivity contribution < 1.29 is 9.13 Å². The van der Waals surface area contributed by atoms with Crippen molar-refractivity contribution in [2.75, 3.05) is 13.7 Å². The number of benzene rings is 2. The van der Waals surface area contributed by atoms with E-state index in [4.69, 9.17) is 33.7 Å². The third-order valence-corrected chi connectivity index (χ3v) is 4.06. The molecule has 0 aromatic heterocycles. The number of halogens is 3. The molecule has 2 aromatic carbocycles. The van der Waals surface area contributed by atoms with Gasteiger partial charge in [-0.1, -0.05) is 29.3 Å². The number of hydrogen-bond acceptors (Lipinski definition) is 2. The Morgan fingerprint density at radius 3 is 2.43 bits per heavy atom. The monoisotopic (exact) mass is 327 g/mol. The second-order valence-electron chi connectivity index (χ2n) is 4.73. The first-order chi connectivity index (χ1) is 10.1. The summed E-state index contributed by atoms with van der Waals surface area (Å²) in [5.41, 5.74) is 7.39. The zero-order valence-electron chi connectivity index (χ0n) is 11.6. The van der Waals surface area contributed by atoms with Gasteiger partial charge < -0.3 is 10.5 Å². The Bertz CT molecular complexity index is 613. The van der Waals surface area contributed by atoms with E-state index < -0.39 is 0 Å². The van der Waals surface area contributed by atoms with Crippen molar-refractivity contribution in [1.82, 2.24) is 0 Å². The van der Waals surface area contributed by atoms with Gasteiger partial charge in [0.15, 0.2) is 0 Å². The van der Waals surface area contributed by atoms with Crippen molar-refractivity contribution in [3.05, 3.63) is 63.4 Å². The van der Waals surface area contributed by atoms with Gasteiger partial charge in [0.1, 0.15) is 11.6 Å². The fourth-order valence-electron chi connectivity index (χ4n) is 2.38. The molecule has 0 spiro atoms. The molecule has 0 bridgehead atoms. The largest absolute Gasteiger partial charge is 0.496 e. The van der Waals surface area contributed by atoms with E-state index in [1.54, 1.807) is 31.4 Å².